The van der Waals surface area contributed by atoms with Crippen LogP contribution in [0.5, 0.6) is 0 Å². The summed E-state index contributed by atoms with van der Waals surface area (Å²) in [5.74, 6) is -0.366. The van der Waals surface area contributed by atoms with E-state index in [0.29, 0.717) is 32.4 Å². The van der Waals surface area contributed by atoms with Crippen LogP contribution in [0.15, 0.2) is 41.5 Å². The highest BCUT2D eigenvalue weighted by Crippen LogP contribution is 2.16. The quantitative estimate of drug-likeness (QED) is 0.222. The van der Waals surface area contributed by atoms with Crippen LogP contribution in [-0.2, 0) is 9.53 Å². The van der Waals surface area contributed by atoms with Crippen LogP contribution in [0.2, 0.25) is 0 Å². The van der Waals surface area contributed by atoms with Crippen LogP contribution >= 0.6 is 0 Å². The first-order chi connectivity index (χ1) is 10.3. The smallest absolute Gasteiger partial charge is 0.309 e. The molecule has 5 nitrogen and oxygen atoms in total. The monoisotopic (exact) mass is 287 g/mol. The summed E-state index contributed by atoms with van der Waals surface area (Å²) < 4.78 is 5.09. The summed E-state index contributed by atoms with van der Waals surface area (Å²) in [6.07, 6.45) is 5.97. The zero-order valence-corrected chi connectivity index (χ0v) is 12.3. The van der Waals surface area contributed by atoms with Gasteiger partial charge in [0.15, 0.2) is 0 Å². The number of hydrogen-bond donors (Lipinski definition) is 0. The predicted octanol–water partition coefficient (Wildman–Crippen LogP) is 4.36. The molecule has 21 heavy (non-hydrogen) atoms. The van der Waals surface area contributed by atoms with Gasteiger partial charge in [-0.05, 0) is 37.3 Å². The van der Waals surface area contributed by atoms with E-state index in [-0.39, 0.29) is 11.9 Å². The van der Waals surface area contributed by atoms with Crippen LogP contribution in [0.1, 0.15) is 31.7 Å². The standard InChI is InChI=1S/C16H21N3O2/c1-2-21-16(20)15(12-7-13-18-19-17)11-6-10-14-8-4-3-5-9-14/h3-6,8-10,15H,2,7,11-13H2,1H3/b10-6+. The first-order valence-corrected chi connectivity index (χ1v) is 7.17. The van der Waals surface area contributed by atoms with Gasteiger partial charge in [0.1, 0.15) is 0 Å². The minimum Gasteiger partial charge on any atom is -0.466 e. The molecule has 1 atom stereocenters. The molecule has 0 saturated carbocycles. The highest BCUT2D eigenvalue weighted by Gasteiger charge is 2.17. The van der Waals surface area contributed by atoms with Crippen molar-refractivity contribution in [1.29, 1.82) is 0 Å². The molecule has 1 rings (SSSR count). The Balaban J connectivity index is 2.53. The minimum atomic E-state index is -0.184. The highest BCUT2D eigenvalue weighted by molar-refractivity contribution is 5.72. The fourth-order valence-electron chi connectivity index (χ4n) is 1.98. The molecule has 5 heteroatoms. The predicted molar refractivity (Wildman–Crippen MR) is 83.5 cm³/mol. The van der Waals surface area contributed by atoms with Gasteiger partial charge in [-0.3, -0.25) is 4.79 Å². The van der Waals surface area contributed by atoms with Crippen LogP contribution in [0, 0.1) is 5.92 Å². The Hall–Kier alpha value is -2.26. The van der Waals surface area contributed by atoms with Crippen LogP contribution in [0.25, 0.3) is 16.5 Å². The van der Waals surface area contributed by atoms with Crippen LogP contribution < -0.4 is 0 Å². The third-order valence-corrected chi connectivity index (χ3v) is 3.02. The first kappa shape index (κ1) is 16.8. The second-order valence-electron chi connectivity index (χ2n) is 4.59. The molecule has 0 amide bonds. The van der Waals surface area contributed by atoms with Crippen molar-refractivity contribution in [3.05, 3.63) is 52.4 Å². The lowest BCUT2D eigenvalue weighted by Gasteiger charge is -2.12. The Kier molecular flexibility index (Phi) is 8.41. The number of hydrogen-bond acceptors (Lipinski definition) is 3. The van der Waals surface area contributed by atoms with Crippen LogP contribution in [0.4, 0.5) is 0 Å². The van der Waals surface area contributed by atoms with Gasteiger partial charge in [-0.15, -0.1) is 0 Å². The van der Waals surface area contributed by atoms with Crippen molar-refractivity contribution in [2.75, 3.05) is 13.2 Å². The number of nitrogens with zero attached hydrogens (tertiary/aromatic N) is 3. The van der Waals surface area contributed by atoms with Gasteiger partial charge in [0.2, 0.25) is 0 Å². The van der Waals surface area contributed by atoms with E-state index in [9.17, 15) is 4.79 Å². The third-order valence-electron chi connectivity index (χ3n) is 3.02. The van der Waals surface area contributed by atoms with Crippen molar-refractivity contribution < 1.29 is 9.53 Å². The molecule has 0 spiro atoms. The first-order valence-electron chi connectivity index (χ1n) is 7.17. The second kappa shape index (κ2) is 10.5. The summed E-state index contributed by atoms with van der Waals surface area (Å²) in [6.45, 7) is 2.59. The van der Waals surface area contributed by atoms with E-state index in [4.69, 9.17) is 10.3 Å². The number of ether oxygens (including phenoxy) is 1. The lowest BCUT2D eigenvalue weighted by molar-refractivity contribution is -0.148. The highest BCUT2D eigenvalue weighted by atomic mass is 16.5. The van der Waals surface area contributed by atoms with Gasteiger partial charge in [0.25, 0.3) is 0 Å². The van der Waals surface area contributed by atoms with Crippen molar-refractivity contribution in [3.63, 3.8) is 0 Å². The maximum Gasteiger partial charge on any atom is 0.309 e. The Bertz CT molecular complexity index is 494. The van der Waals surface area contributed by atoms with E-state index in [1.807, 2.05) is 42.5 Å². The molecule has 0 heterocycles. The molecule has 0 radical (unpaired) electrons. The molecular weight excluding hydrogens is 266 g/mol. The van der Waals surface area contributed by atoms with Gasteiger partial charge < -0.3 is 4.74 Å². The van der Waals surface area contributed by atoms with Crippen LogP contribution in [-0.4, -0.2) is 19.1 Å². The van der Waals surface area contributed by atoms with Gasteiger partial charge >= 0.3 is 5.97 Å². The van der Waals surface area contributed by atoms with Crippen molar-refractivity contribution in [1.82, 2.24) is 0 Å². The third kappa shape index (κ3) is 7.18. The van der Waals surface area contributed by atoms with E-state index in [1.54, 1.807) is 6.92 Å². The molecule has 1 unspecified atom stereocenters. The van der Waals surface area contributed by atoms with Gasteiger partial charge in [-0.25, -0.2) is 0 Å². The average Bonchev–Trinajstić information content (AvgIpc) is 2.51. The van der Waals surface area contributed by atoms with Gasteiger partial charge in [-0.1, -0.05) is 47.6 Å². The maximum atomic E-state index is 11.9. The number of azide groups is 1. The molecule has 0 aliphatic rings. The normalized spacial score (nSPS) is 11.9. The fourth-order valence-corrected chi connectivity index (χ4v) is 1.98. The summed E-state index contributed by atoms with van der Waals surface area (Å²) in [6, 6.07) is 9.94. The largest absolute Gasteiger partial charge is 0.466 e. The minimum absolute atomic E-state index is 0.182. The summed E-state index contributed by atoms with van der Waals surface area (Å²) in [5.41, 5.74) is 9.35. The van der Waals surface area contributed by atoms with E-state index < -0.39 is 0 Å². The number of allylic oxidation sites excluding steroid dienone is 1. The molecule has 1 aromatic rings. The van der Waals surface area contributed by atoms with Crippen molar-refractivity contribution in [2.45, 2.75) is 26.2 Å². The summed E-state index contributed by atoms with van der Waals surface area (Å²) >= 11 is 0. The van der Waals surface area contributed by atoms with Crippen molar-refractivity contribution in [3.8, 4) is 0 Å². The maximum absolute atomic E-state index is 11.9. The van der Waals surface area contributed by atoms with Gasteiger partial charge in [0, 0.05) is 11.5 Å². The molecule has 0 aliphatic heterocycles. The molecule has 0 saturated heterocycles. The molecule has 0 aromatic heterocycles. The Labute approximate surface area is 125 Å². The fraction of sp³-hybridized carbons (Fsp3) is 0.438. The number of carbonyl (C=O) groups is 1. The number of benzene rings is 1. The van der Waals surface area contributed by atoms with Crippen molar-refractivity contribution in [2.24, 2.45) is 11.0 Å². The molecule has 0 bridgehead atoms. The Morgan fingerprint density at radius 1 is 1.43 bits per heavy atom. The molecule has 0 fully saturated rings. The van der Waals surface area contributed by atoms with E-state index >= 15 is 0 Å². The van der Waals surface area contributed by atoms with Gasteiger partial charge in [0.05, 0.1) is 12.5 Å². The molecule has 0 N–H and O–H groups in total. The lowest BCUT2D eigenvalue weighted by atomic mass is 9.99. The summed E-state index contributed by atoms with van der Waals surface area (Å²) in [5, 5.41) is 3.49. The zero-order valence-electron chi connectivity index (χ0n) is 12.3. The average molecular weight is 287 g/mol. The van der Waals surface area contributed by atoms with E-state index in [2.05, 4.69) is 10.0 Å². The summed E-state index contributed by atoms with van der Waals surface area (Å²) in [7, 11) is 0. The number of carbonyl (C=O) groups excluding carboxylic acids is 1. The number of rotatable bonds is 9. The van der Waals surface area contributed by atoms with Crippen molar-refractivity contribution >= 4 is 12.0 Å². The Morgan fingerprint density at radius 3 is 2.86 bits per heavy atom. The lowest BCUT2D eigenvalue weighted by Crippen LogP contribution is -2.17. The van der Waals surface area contributed by atoms with Crippen LogP contribution in [0.3, 0.4) is 0 Å². The molecular formula is C16H21N3O2. The molecule has 112 valence electrons. The van der Waals surface area contributed by atoms with E-state index in [1.165, 1.54) is 0 Å². The topological polar surface area (TPSA) is 75.1 Å². The van der Waals surface area contributed by atoms with Gasteiger partial charge in [-0.2, -0.15) is 0 Å². The number of esters is 1. The molecule has 1 aromatic carbocycles. The van der Waals surface area contributed by atoms with E-state index in [0.717, 1.165) is 5.56 Å². The summed E-state index contributed by atoms with van der Waals surface area (Å²) in [4.78, 5) is 14.6. The zero-order chi connectivity index (χ0) is 15.3. The SMILES string of the molecule is CCOC(=O)C(C/C=C/c1ccccc1)CCCN=[N+]=[N-]. The Morgan fingerprint density at radius 2 is 2.19 bits per heavy atom. The molecule has 0 aliphatic carbocycles. The second-order valence-corrected chi connectivity index (χ2v) is 4.59.